The van der Waals surface area contributed by atoms with E-state index in [2.05, 4.69) is 0 Å². The number of piperazine rings is 1. The van der Waals surface area contributed by atoms with Gasteiger partial charge in [-0.3, -0.25) is 23.9 Å². The second-order valence-corrected chi connectivity index (χ2v) is 9.19. The molecule has 1 saturated heterocycles. The molecule has 3 atom stereocenters. The maximum atomic E-state index is 13.4. The number of carbonyl (C=O) groups excluding carboxylic acids is 2. The third-order valence-corrected chi connectivity index (χ3v) is 5.95. The lowest BCUT2D eigenvalue weighted by Gasteiger charge is -2.44. The van der Waals surface area contributed by atoms with Crippen molar-refractivity contribution in [2.24, 2.45) is 0 Å². The summed E-state index contributed by atoms with van der Waals surface area (Å²) in [6.07, 6.45) is -0.540. The molecule has 0 bridgehead atoms. The van der Waals surface area contributed by atoms with E-state index >= 15 is 0 Å². The van der Waals surface area contributed by atoms with Gasteiger partial charge >= 0.3 is 0 Å². The fourth-order valence-corrected chi connectivity index (χ4v) is 4.40. The van der Waals surface area contributed by atoms with E-state index in [1.165, 1.54) is 43.3 Å². The molecule has 32 heavy (non-hydrogen) atoms. The summed E-state index contributed by atoms with van der Waals surface area (Å²) < 4.78 is 29.2. The molecule has 1 fully saturated rings. The molecule has 0 aliphatic carbocycles. The van der Waals surface area contributed by atoms with Gasteiger partial charge < -0.3 is 9.80 Å². The fraction of sp³-hybridized carbons (Fsp3) is 0.333. The molecule has 1 aliphatic rings. The fourth-order valence-electron chi connectivity index (χ4n) is 3.82. The van der Waals surface area contributed by atoms with Crippen LogP contribution in [0.3, 0.4) is 0 Å². The summed E-state index contributed by atoms with van der Waals surface area (Å²) in [4.78, 5) is 39.8. The first-order chi connectivity index (χ1) is 15.0. The number of rotatable bonds is 7. The Morgan fingerprint density at radius 2 is 1.59 bits per heavy atom. The minimum Gasteiger partial charge on any atom is -0.331 e. The van der Waals surface area contributed by atoms with Gasteiger partial charge in [0.15, 0.2) is 0 Å². The first kappa shape index (κ1) is 23.4. The highest BCUT2D eigenvalue weighted by molar-refractivity contribution is 7.86. The molecule has 3 rings (SSSR count). The van der Waals surface area contributed by atoms with Gasteiger partial charge in [-0.1, -0.05) is 42.5 Å². The Morgan fingerprint density at radius 1 is 1.00 bits per heavy atom. The van der Waals surface area contributed by atoms with Gasteiger partial charge in [-0.15, -0.1) is 0 Å². The Morgan fingerprint density at radius 3 is 2.19 bits per heavy atom. The molecule has 0 radical (unpaired) electrons. The molecule has 11 heteroatoms. The molecule has 0 saturated carbocycles. The van der Waals surface area contributed by atoms with Crippen LogP contribution in [0.4, 0.5) is 5.69 Å². The van der Waals surface area contributed by atoms with Crippen LogP contribution >= 0.6 is 0 Å². The summed E-state index contributed by atoms with van der Waals surface area (Å²) in [6.45, 7) is 0. The van der Waals surface area contributed by atoms with Crippen LogP contribution in [-0.2, 0) is 30.3 Å². The van der Waals surface area contributed by atoms with Gasteiger partial charge in [0.1, 0.15) is 18.2 Å². The number of nitro groups is 1. The normalized spacial score (nSPS) is 20.3. The summed E-state index contributed by atoms with van der Waals surface area (Å²) in [5.74, 6) is -1.01. The first-order valence-electron chi connectivity index (χ1n) is 9.70. The van der Waals surface area contributed by atoms with Gasteiger partial charge in [0, 0.05) is 26.6 Å². The van der Waals surface area contributed by atoms with Crippen molar-refractivity contribution in [1.29, 1.82) is 0 Å². The number of likely N-dealkylation sites (N-methyl/N-ethyl adjacent to an activating group) is 2. The van der Waals surface area contributed by atoms with Crippen LogP contribution in [0.25, 0.3) is 0 Å². The lowest BCUT2D eigenvalue weighted by atomic mass is 9.93. The number of benzene rings is 2. The molecule has 2 aromatic carbocycles. The molecule has 0 spiro atoms. The van der Waals surface area contributed by atoms with E-state index < -0.39 is 50.7 Å². The summed E-state index contributed by atoms with van der Waals surface area (Å²) in [5.41, 5.74) is 0.319. The van der Waals surface area contributed by atoms with E-state index in [0.29, 0.717) is 0 Å². The highest BCUT2D eigenvalue weighted by atomic mass is 32.2. The molecule has 170 valence electrons. The molecular weight excluding hydrogens is 438 g/mol. The molecule has 2 aromatic rings. The van der Waals surface area contributed by atoms with Crippen molar-refractivity contribution in [3.8, 4) is 0 Å². The summed E-state index contributed by atoms with van der Waals surface area (Å²) >= 11 is 0. The minimum absolute atomic E-state index is 0.115. The average molecular weight is 461 g/mol. The first-order valence-corrected chi connectivity index (χ1v) is 11.5. The van der Waals surface area contributed by atoms with Gasteiger partial charge in [-0.25, -0.2) is 0 Å². The monoisotopic (exact) mass is 461 g/mol. The third-order valence-electron chi connectivity index (χ3n) is 5.40. The zero-order valence-electron chi connectivity index (χ0n) is 17.7. The molecule has 0 aromatic heterocycles. The van der Waals surface area contributed by atoms with Crippen molar-refractivity contribution in [3.63, 3.8) is 0 Å². The molecule has 2 unspecified atom stereocenters. The SMILES string of the molecule is CN1C(=O)[C@H](Cc2ccccc2)N(C)C(=O)C1C(OS(C)(=O)=O)c1ccccc1[N+](=O)[O-]. The van der Waals surface area contributed by atoms with E-state index in [4.69, 9.17) is 4.18 Å². The van der Waals surface area contributed by atoms with Crippen LogP contribution in [0.15, 0.2) is 54.6 Å². The van der Waals surface area contributed by atoms with Crippen molar-refractivity contribution >= 4 is 27.6 Å². The van der Waals surface area contributed by atoms with Gasteiger partial charge in [0.05, 0.1) is 16.7 Å². The van der Waals surface area contributed by atoms with Crippen molar-refractivity contribution in [1.82, 2.24) is 9.80 Å². The van der Waals surface area contributed by atoms with Crippen LogP contribution in [0.2, 0.25) is 0 Å². The van der Waals surface area contributed by atoms with Crippen LogP contribution in [0.1, 0.15) is 17.2 Å². The second-order valence-electron chi connectivity index (χ2n) is 7.59. The standard InChI is InChI=1S/C21H23N3O7S/c1-22-17(13-14-9-5-4-6-10-14)20(25)23(2)18(21(22)26)19(31-32(3,29)30)15-11-7-8-12-16(15)24(27)28/h4-12,17-19H,13H2,1-3H3/t17-,18?,19?/m0/s1. The Labute approximate surface area is 185 Å². The summed E-state index contributed by atoms with van der Waals surface area (Å²) in [7, 11) is -1.32. The Bertz CT molecular complexity index is 1140. The van der Waals surface area contributed by atoms with E-state index in [1.807, 2.05) is 30.3 Å². The van der Waals surface area contributed by atoms with E-state index in [9.17, 15) is 28.1 Å². The van der Waals surface area contributed by atoms with Crippen molar-refractivity contribution in [2.75, 3.05) is 20.4 Å². The third kappa shape index (κ3) is 4.78. The summed E-state index contributed by atoms with van der Waals surface area (Å²) in [6, 6.07) is 12.3. The van der Waals surface area contributed by atoms with Crippen LogP contribution in [0.5, 0.6) is 0 Å². The summed E-state index contributed by atoms with van der Waals surface area (Å²) in [5, 5.41) is 11.5. The van der Waals surface area contributed by atoms with Gasteiger partial charge in [-0.05, 0) is 11.6 Å². The number of amides is 2. The van der Waals surface area contributed by atoms with Crippen molar-refractivity contribution in [3.05, 3.63) is 75.8 Å². The molecule has 10 nitrogen and oxygen atoms in total. The zero-order chi connectivity index (χ0) is 23.6. The molecule has 1 heterocycles. The Hall–Kier alpha value is -3.31. The highest BCUT2D eigenvalue weighted by Crippen LogP contribution is 2.36. The largest absolute Gasteiger partial charge is 0.331 e. The molecular formula is C21H23N3O7S. The number of carbonyl (C=O) groups is 2. The number of hydrogen-bond donors (Lipinski definition) is 0. The predicted molar refractivity (Wildman–Crippen MR) is 115 cm³/mol. The van der Waals surface area contributed by atoms with Crippen LogP contribution < -0.4 is 0 Å². The Kier molecular flexibility index (Phi) is 6.60. The Balaban J connectivity index is 2.04. The van der Waals surface area contributed by atoms with Gasteiger partial charge in [0.25, 0.3) is 15.8 Å². The molecule has 2 amide bonds. The number of para-hydroxylation sites is 1. The van der Waals surface area contributed by atoms with Gasteiger partial charge in [0.2, 0.25) is 11.8 Å². The average Bonchev–Trinajstić information content (AvgIpc) is 2.74. The highest BCUT2D eigenvalue weighted by Gasteiger charge is 2.49. The number of hydrogen-bond acceptors (Lipinski definition) is 7. The number of nitro benzene ring substituents is 1. The van der Waals surface area contributed by atoms with E-state index in [-0.39, 0.29) is 12.0 Å². The van der Waals surface area contributed by atoms with E-state index in [0.717, 1.165) is 16.7 Å². The molecule has 1 aliphatic heterocycles. The van der Waals surface area contributed by atoms with Crippen LogP contribution in [-0.4, -0.2) is 67.4 Å². The quantitative estimate of drug-likeness (QED) is 0.347. The van der Waals surface area contributed by atoms with Crippen molar-refractivity contribution < 1.29 is 27.1 Å². The zero-order valence-corrected chi connectivity index (χ0v) is 18.6. The molecule has 0 N–H and O–H groups in total. The van der Waals surface area contributed by atoms with Crippen molar-refractivity contribution in [2.45, 2.75) is 24.6 Å². The predicted octanol–water partition coefficient (Wildman–Crippen LogP) is 1.52. The minimum atomic E-state index is -4.14. The smallest absolute Gasteiger partial charge is 0.275 e. The topological polar surface area (TPSA) is 127 Å². The second kappa shape index (κ2) is 9.05. The van der Waals surface area contributed by atoms with E-state index in [1.54, 1.807) is 0 Å². The maximum Gasteiger partial charge on any atom is 0.275 e. The maximum absolute atomic E-state index is 13.4. The lowest BCUT2D eigenvalue weighted by Crippen LogP contribution is -2.64. The number of nitrogens with zero attached hydrogens (tertiary/aromatic N) is 3. The lowest BCUT2D eigenvalue weighted by molar-refractivity contribution is -0.386. The van der Waals surface area contributed by atoms with Crippen LogP contribution in [0, 0.1) is 10.1 Å². The van der Waals surface area contributed by atoms with Gasteiger partial charge in [-0.2, -0.15) is 8.42 Å².